The number of nitrogens with one attached hydrogen (secondary N) is 3. The molecule has 210 valence electrons. The van der Waals surface area contributed by atoms with Crippen molar-refractivity contribution in [2.24, 2.45) is 5.10 Å². The molecule has 3 aromatic rings. The van der Waals surface area contributed by atoms with Gasteiger partial charge < -0.3 is 24.8 Å². The van der Waals surface area contributed by atoms with Crippen LogP contribution in [0, 0.1) is 20.8 Å². The van der Waals surface area contributed by atoms with Crippen LogP contribution < -0.4 is 30.3 Å². The standard InChI is InChI=1S/C29H31BrN4O6/c1-6-39-24-14-20(15-31-34-29(37)28(36)32-21-7-9-22(38-5)10-8-21)13-23(30)27(24)40-16-25(35)33-26-18(3)11-17(2)12-19(26)4/h7-15H,6,16H2,1-5H3,(H,32,36)(H,33,35)(H,34,37)/b31-15-. The molecule has 0 aliphatic heterocycles. The highest BCUT2D eigenvalue weighted by molar-refractivity contribution is 9.10. The summed E-state index contributed by atoms with van der Waals surface area (Å²) in [6.07, 6.45) is 1.35. The maximum atomic E-state index is 12.6. The average Bonchev–Trinajstić information content (AvgIpc) is 2.90. The Balaban J connectivity index is 1.62. The second-order valence-corrected chi connectivity index (χ2v) is 9.61. The largest absolute Gasteiger partial charge is 0.497 e. The first-order chi connectivity index (χ1) is 19.1. The fourth-order valence-corrected chi connectivity index (χ4v) is 4.41. The lowest BCUT2D eigenvalue weighted by Crippen LogP contribution is -2.32. The van der Waals surface area contributed by atoms with Crippen LogP contribution in [0.1, 0.15) is 29.2 Å². The number of ether oxygens (including phenoxy) is 3. The lowest BCUT2D eigenvalue weighted by Gasteiger charge is -2.16. The Kier molecular flexibility index (Phi) is 10.7. The van der Waals surface area contributed by atoms with Gasteiger partial charge in [0.05, 0.1) is 24.4 Å². The summed E-state index contributed by atoms with van der Waals surface area (Å²) in [5.41, 5.74) is 6.99. The van der Waals surface area contributed by atoms with E-state index < -0.39 is 11.8 Å². The predicted molar refractivity (Wildman–Crippen MR) is 157 cm³/mol. The van der Waals surface area contributed by atoms with E-state index in [2.05, 4.69) is 37.1 Å². The molecule has 3 N–H and O–H groups in total. The molecule has 3 rings (SSSR count). The topological polar surface area (TPSA) is 127 Å². The molecule has 40 heavy (non-hydrogen) atoms. The summed E-state index contributed by atoms with van der Waals surface area (Å²) >= 11 is 3.45. The Morgan fingerprint density at radius 2 is 1.60 bits per heavy atom. The van der Waals surface area contributed by atoms with Gasteiger partial charge in [-0.25, -0.2) is 5.43 Å². The fraction of sp³-hybridized carbons (Fsp3) is 0.241. The monoisotopic (exact) mass is 610 g/mol. The maximum absolute atomic E-state index is 12.6. The summed E-state index contributed by atoms with van der Waals surface area (Å²) in [4.78, 5) is 36.9. The molecule has 0 saturated carbocycles. The average molecular weight is 611 g/mol. The third kappa shape index (κ3) is 8.31. The van der Waals surface area contributed by atoms with Gasteiger partial charge in [-0.15, -0.1) is 0 Å². The summed E-state index contributed by atoms with van der Waals surface area (Å²) in [7, 11) is 1.53. The minimum Gasteiger partial charge on any atom is -0.497 e. The molecule has 0 spiro atoms. The normalized spacial score (nSPS) is 10.7. The van der Waals surface area contributed by atoms with Gasteiger partial charge in [-0.1, -0.05) is 17.7 Å². The Morgan fingerprint density at radius 1 is 0.925 bits per heavy atom. The maximum Gasteiger partial charge on any atom is 0.329 e. The van der Waals surface area contributed by atoms with Gasteiger partial charge in [0.2, 0.25) is 0 Å². The third-order valence-electron chi connectivity index (χ3n) is 5.55. The molecular weight excluding hydrogens is 580 g/mol. The lowest BCUT2D eigenvalue weighted by molar-refractivity contribution is -0.136. The van der Waals surface area contributed by atoms with E-state index in [9.17, 15) is 14.4 Å². The number of hydrazone groups is 1. The van der Waals surface area contributed by atoms with E-state index in [1.165, 1.54) is 13.3 Å². The van der Waals surface area contributed by atoms with Crippen LogP contribution >= 0.6 is 15.9 Å². The van der Waals surface area contributed by atoms with Crippen molar-refractivity contribution in [1.82, 2.24) is 5.43 Å². The van der Waals surface area contributed by atoms with Crippen LogP contribution in [0.4, 0.5) is 11.4 Å². The van der Waals surface area contributed by atoms with Crippen molar-refractivity contribution in [3.8, 4) is 17.2 Å². The molecule has 11 heteroatoms. The molecule has 0 unspecified atom stereocenters. The number of rotatable bonds is 10. The fourth-order valence-electron chi connectivity index (χ4n) is 3.83. The van der Waals surface area contributed by atoms with E-state index in [0.717, 1.165) is 22.4 Å². The molecule has 0 bridgehead atoms. The number of carbonyl (C=O) groups excluding carboxylic acids is 3. The van der Waals surface area contributed by atoms with Crippen molar-refractivity contribution in [3.05, 3.63) is 75.3 Å². The number of hydrogen-bond acceptors (Lipinski definition) is 7. The Bertz CT molecular complexity index is 1400. The molecule has 10 nitrogen and oxygen atoms in total. The number of carbonyl (C=O) groups is 3. The van der Waals surface area contributed by atoms with Gasteiger partial charge in [0.1, 0.15) is 5.75 Å². The first-order valence-corrected chi connectivity index (χ1v) is 13.2. The number of benzene rings is 3. The molecular formula is C29H31BrN4O6. The van der Waals surface area contributed by atoms with Crippen LogP contribution in [-0.4, -0.2) is 44.3 Å². The van der Waals surface area contributed by atoms with Crippen molar-refractivity contribution < 1.29 is 28.6 Å². The number of amides is 3. The zero-order valence-electron chi connectivity index (χ0n) is 22.9. The lowest BCUT2D eigenvalue weighted by atomic mass is 10.1. The smallest absolute Gasteiger partial charge is 0.329 e. The van der Waals surface area contributed by atoms with E-state index in [1.807, 2.05) is 39.8 Å². The number of nitrogens with zero attached hydrogens (tertiary/aromatic N) is 1. The van der Waals surface area contributed by atoms with Crippen molar-refractivity contribution in [1.29, 1.82) is 0 Å². The van der Waals surface area contributed by atoms with Gasteiger partial charge >= 0.3 is 11.8 Å². The summed E-state index contributed by atoms with van der Waals surface area (Å²) in [5, 5.41) is 9.24. The zero-order valence-corrected chi connectivity index (χ0v) is 24.5. The molecule has 0 atom stereocenters. The van der Waals surface area contributed by atoms with Crippen molar-refractivity contribution in [2.75, 3.05) is 31.0 Å². The highest BCUT2D eigenvalue weighted by Crippen LogP contribution is 2.36. The molecule has 0 fully saturated rings. The van der Waals surface area contributed by atoms with Crippen LogP contribution in [0.3, 0.4) is 0 Å². The van der Waals surface area contributed by atoms with Gasteiger partial charge in [-0.05, 0) is 96.7 Å². The molecule has 3 amide bonds. The number of halogens is 1. The van der Waals surface area contributed by atoms with Gasteiger partial charge in [-0.2, -0.15) is 5.10 Å². The Labute approximate surface area is 241 Å². The molecule has 3 aromatic carbocycles. The highest BCUT2D eigenvalue weighted by atomic mass is 79.9. The number of aryl methyl sites for hydroxylation is 3. The van der Waals surface area contributed by atoms with Gasteiger partial charge in [0.25, 0.3) is 5.91 Å². The molecule has 0 heterocycles. The molecule has 0 aliphatic carbocycles. The van der Waals surface area contributed by atoms with E-state index in [-0.39, 0.29) is 12.5 Å². The van der Waals surface area contributed by atoms with Gasteiger partial charge in [0.15, 0.2) is 18.1 Å². The summed E-state index contributed by atoms with van der Waals surface area (Å²) < 4.78 is 17.1. The second-order valence-electron chi connectivity index (χ2n) is 8.76. The summed E-state index contributed by atoms with van der Waals surface area (Å²) in [6.45, 7) is 7.81. The third-order valence-corrected chi connectivity index (χ3v) is 6.14. The first kappa shape index (κ1) is 30.2. The van der Waals surface area contributed by atoms with Gasteiger partial charge in [0, 0.05) is 11.4 Å². The first-order valence-electron chi connectivity index (χ1n) is 12.4. The Hall–Kier alpha value is -4.38. The quantitative estimate of drug-likeness (QED) is 0.170. The zero-order chi connectivity index (χ0) is 29.2. The van der Waals surface area contributed by atoms with Crippen LogP contribution in [-0.2, 0) is 14.4 Å². The van der Waals surface area contributed by atoms with Crippen LogP contribution in [0.5, 0.6) is 17.2 Å². The number of anilines is 2. The van der Waals surface area contributed by atoms with Gasteiger partial charge in [-0.3, -0.25) is 14.4 Å². The van der Waals surface area contributed by atoms with Crippen molar-refractivity contribution in [2.45, 2.75) is 27.7 Å². The minimum absolute atomic E-state index is 0.238. The SMILES string of the molecule is CCOc1cc(/C=N\NC(=O)C(=O)Nc2ccc(OC)cc2)cc(Br)c1OCC(=O)Nc1c(C)cc(C)cc1C. The summed E-state index contributed by atoms with van der Waals surface area (Å²) in [6, 6.07) is 13.9. The van der Waals surface area contributed by atoms with Crippen LogP contribution in [0.15, 0.2) is 58.1 Å². The van der Waals surface area contributed by atoms with E-state index in [0.29, 0.717) is 39.6 Å². The van der Waals surface area contributed by atoms with E-state index >= 15 is 0 Å². The van der Waals surface area contributed by atoms with E-state index in [1.54, 1.807) is 36.4 Å². The Morgan fingerprint density at radius 3 is 2.23 bits per heavy atom. The molecule has 0 aliphatic rings. The molecule has 0 saturated heterocycles. The molecule has 0 aromatic heterocycles. The van der Waals surface area contributed by atoms with Crippen molar-refractivity contribution >= 4 is 51.2 Å². The number of methoxy groups -OCH3 is 1. The van der Waals surface area contributed by atoms with E-state index in [4.69, 9.17) is 14.2 Å². The van der Waals surface area contributed by atoms with Crippen molar-refractivity contribution in [3.63, 3.8) is 0 Å². The predicted octanol–water partition coefficient (Wildman–Crippen LogP) is 4.89. The van der Waals surface area contributed by atoms with Crippen LogP contribution in [0.25, 0.3) is 0 Å². The highest BCUT2D eigenvalue weighted by Gasteiger charge is 2.16. The number of hydrogen-bond donors (Lipinski definition) is 3. The molecule has 0 radical (unpaired) electrons. The summed E-state index contributed by atoms with van der Waals surface area (Å²) in [5.74, 6) is -0.799. The minimum atomic E-state index is -0.943. The second kappa shape index (κ2) is 14.1. The van der Waals surface area contributed by atoms with Crippen LogP contribution in [0.2, 0.25) is 0 Å².